The summed E-state index contributed by atoms with van der Waals surface area (Å²) in [5.41, 5.74) is 1.69. The van der Waals surface area contributed by atoms with Crippen molar-refractivity contribution >= 4 is 54.8 Å². The number of halogens is 3. The molecule has 1 aromatic carbocycles. The number of aliphatic hydroxyl groups excluding tert-OH is 1. The van der Waals surface area contributed by atoms with Crippen LogP contribution in [0, 0.1) is 0 Å². The Labute approximate surface area is 119 Å². The molecule has 0 aliphatic carbocycles. The molecule has 1 atom stereocenters. The van der Waals surface area contributed by atoms with Crippen LogP contribution < -0.4 is 0 Å². The Hall–Kier alpha value is 0.130. The van der Waals surface area contributed by atoms with Gasteiger partial charge in [0.05, 0.1) is 5.02 Å². The van der Waals surface area contributed by atoms with Crippen molar-refractivity contribution in [3.05, 3.63) is 54.1 Å². The van der Waals surface area contributed by atoms with E-state index in [2.05, 4.69) is 31.9 Å². The lowest BCUT2D eigenvalue weighted by Gasteiger charge is -2.11. The summed E-state index contributed by atoms with van der Waals surface area (Å²) in [6, 6.07) is 5.42. The quantitative estimate of drug-likeness (QED) is 0.774. The highest BCUT2D eigenvalue weighted by Crippen LogP contribution is 2.33. The first-order valence-corrected chi connectivity index (χ1v) is 7.35. The Balaban J connectivity index is 2.38. The van der Waals surface area contributed by atoms with Crippen LogP contribution in [0.3, 0.4) is 0 Å². The molecule has 0 saturated carbocycles. The van der Waals surface area contributed by atoms with Gasteiger partial charge in [0.25, 0.3) is 0 Å². The van der Waals surface area contributed by atoms with Gasteiger partial charge in [-0.1, -0.05) is 17.7 Å². The van der Waals surface area contributed by atoms with E-state index in [4.69, 9.17) is 11.6 Å². The standard InChI is InChI=1S/C11H7Br2ClOS/c12-8-3-6(1-2-10(8)14)11(15)7-4-16-5-9(7)13/h1-5,11,15H. The van der Waals surface area contributed by atoms with Crippen molar-refractivity contribution in [3.63, 3.8) is 0 Å². The first-order valence-electron chi connectivity index (χ1n) is 4.44. The van der Waals surface area contributed by atoms with Gasteiger partial charge in [-0.3, -0.25) is 0 Å². The second-order valence-electron chi connectivity index (χ2n) is 3.25. The molecule has 0 radical (unpaired) electrons. The molecule has 0 aliphatic rings. The number of hydrogen-bond acceptors (Lipinski definition) is 2. The lowest BCUT2D eigenvalue weighted by Crippen LogP contribution is -1.98. The highest BCUT2D eigenvalue weighted by Gasteiger charge is 2.15. The minimum Gasteiger partial charge on any atom is -0.384 e. The van der Waals surface area contributed by atoms with E-state index < -0.39 is 6.10 Å². The van der Waals surface area contributed by atoms with Gasteiger partial charge in [-0.05, 0) is 54.9 Å². The fourth-order valence-electron chi connectivity index (χ4n) is 1.35. The lowest BCUT2D eigenvalue weighted by atomic mass is 10.0. The molecule has 1 heterocycles. The number of hydrogen-bond donors (Lipinski definition) is 1. The fourth-order valence-corrected chi connectivity index (χ4v) is 3.40. The first kappa shape index (κ1) is 12.6. The van der Waals surface area contributed by atoms with Gasteiger partial charge in [0.15, 0.2) is 0 Å². The van der Waals surface area contributed by atoms with Crippen molar-refractivity contribution in [2.45, 2.75) is 6.10 Å². The maximum atomic E-state index is 10.2. The van der Waals surface area contributed by atoms with Crippen molar-refractivity contribution < 1.29 is 5.11 Å². The average Bonchev–Trinajstić information content (AvgIpc) is 2.67. The van der Waals surface area contributed by atoms with Crippen LogP contribution in [0.4, 0.5) is 0 Å². The van der Waals surface area contributed by atoms with Gasteiger partial charge < -0.3 is 5.11 Å². The molecule has 1 nitrogen and oxygen atoms in total. The average molecular weight is 383 g/mol. The second kappa shape index (κ2) is 5.19. The summed E-state index contributed by atoms with van der Waals surface area (Å²) < 4.78 is 1.72. The predicted molar refractivity (Wildman–Crippen MR) is 75.2 cm³/mol. The third-order valence-corrected chi connectivity index (χ3v) is 5.16. The number of thiophene rings is 1. The summed E-state index contributed by atoms with van der Waals surface area (Å²) in [6.07, 6.45) is -0.630. The molecular weight excluding hydrogens is 375 g/mol. The van der Waals surface area contributed by atoms with Gasteiger partial charge in [0.2, 0.25) is 0 Å². The fraction of sp³-hybridized carbons (Fsp3) is 0.0909. The van der Waals surface area contributed by atoms with Crippen LogP contribution in [-0.4, -0.2) is 5.11 Å². The Bertz CT molecular complexity index is 512. The van der Waals surface area contributed by atoms with Gasteiger partial charge >= 0.3 is 0 Å². The molecule has 0 aliphatic heterocycles. The number of benzene rings is 1. The van der Waals surface area contributed by atoms with Gasteiger partial charge in [-0.25, -0.2) is 0 Å². The van der Waals surface area contributed by atoms with Crippen LogP contribution in [0.1, 0.15) is 17.2 Å². The topological polar surface area (TPSA) is 20.2 Å². The Morgan fingerprint density at radius 2 is 1.94 bits per heavy atom. The van der Waals surface area contributed by atoms with Crippen molar-refractivity contribution in [2.75, 3.05) is 0 Å². The highest BCUT2D eigenvalue weighted by atomic mass is 79.9. The Kier molecular flexibility index (Phi) is 4.08. The van der Waals surface area contributed by atoms with Crippen LogP contribution in [0.15, 0.2) is 37.9 Å². The summed E-state index contributed by atoms with van der Waals surface area (Å²) in [4.78, 5) is 0. The van der Waals surface area contributed by atoms with Crippen molar-refractivity contribution in [1.82, 2.24) is 0 Å². The molecule has 0 saturated heterocycles. The van der Waals surface area contributed by atoms with Crippen LogP contribution in [0.2, 0.25) is 5.02 Å². The Morgan fingerprint density at radius 3 is 2.50 bits per heavy atom. The largest absolute Gasteiger partial charge is 0.384 e. The zero-order chi connectivity index (χ0) is 11.7. The molecule has 1 aromatic heterocycles. The summed E-state index contributed by atoms with van der Waals surface area (Å²) in [5.74, 6) is 0. The summed E-state index contributed by atoms with van der Waals surface area (Å²) in [5, 5.41) is 14.7. The zero-order valence-corrected chi connectivity index (χ0v) is 12.7. The number of aliphatic hydroxyl groups is 1. The molecule has 5 heteroatoms. The third kappa shape index (κ3) is 2.51. The second-order valence-corrected chi connectivity index (χ2v) is 6.11. The van der Waals surface area contributed by atoms with E-state index in [1.54, 1.807) is 17.4 Å². The molecular formula is C11H7Br2ClOS. The van der Waals surface area contributed by atoms with Crippen LogP contribution in [0.5, 0.6) is 0 Å². The van der Waals surface area contributed by atoms with E-state index in [1.807, 2.05) is 22.9 Å². The maximum absolute atomic E-state index is 10.2. The highest BCUT2D eigenvalue weighted by molar-refractivity contribution is 9.10. The van der Waals surface area contributed by atoms with Gasteiger partial charge in [-0.2, -0.15) is 11.3 Å². The van der Waals surface area contributed by atoms with Gasteiger partial charge in [-0.15, -0.1) is 0 Å². The third-order valence-electron chi connectivity index (χ3n) is 2.20. The molecule has 0 bridgehead atoms. The minimum absolute atomic E-state index is 0.630. The van der Waals surface area contributed by atoms with Crippen molar-refractivity contribution in [1.29, 1.82) is 0 Å². The molecule has 2 rings (SSSR count). The molecule has 0 fully saturated rings. The van der Waals surface area contributed by atoms with E-state index in [0.29, 0.717) is 5.02 Å². The lowest BCUT2D eigenvalue weighted by molar-refractivity contribution is 0.220. The molecule has 16 heavy (non-hydrogen) atoms. The van der Waals surface area contributed by atoms with E-state index in [1.165, 1.54) is 0 Å². The molecule has 1 N–H and O–H groups in total. The van der Waals surface area contributed by atoms with E-state index >= 15 is 0 Å². The molecule has 2 aromatic rings. The molecule has 84 valence electrons. The van der Waals surface area contributed by atoms with Crippen LogP contribution in [0.25, 0.3) is 0 Å². The maximum Gasteiger partial charge on any atom is 0.106 e. The summed E-state index contributed by atoms with van der Waals surface area (Å²) in [7, 11) is 0. The summed E-state index contributed by atoms with van der Waals surface area (Å²) >= 11 is 14.2. The van der Waals surface area contributed by atoms with E-state index in [0.717, 1.165) is 20.1 Å². The van der Waals surface area contributed by atoms with Gasteiger partial charge in [0.1, 0.15) is 6.10 Å². The molecule has 0 spiro atoms. The minimum atomic E-state index is -0.630. The van der Waals surface area contributed by atoms with Crippen LogP contribution >= 0.6 is 54.8 Å². The van der Waals surface area contributed by atoms with Gasteiger partial charge in [0, 0.05) is 19.9 Å². The number of rotatable bonds is 2. The monoisotopic (exact) mass is 380 g/mol. The zero-order valence-electron chi connectivity index (χ0n) is 7.95. The van der Waals surface area contributed by atoms with E-state index in [9.17, 15) is 5.11 Å². The Morgan fingerprint density at radius 1 is 1.19 bits per heavy atom. The smallest absolute Gasteiger partial charge is 0.106 e. The first-order chi connectivity index (χ1) is 7.59. The summed E-state index contributed by atoms with van der Waals surface area (Å²) in [6.45, 7) is 0. The molecule has 0 amide bonds. The van der Waals surface area contributed by atoms with E-state index in [-0.39, 0.29) is 0 Å². The van der Waals surface area contributed by atoms with Crippen LogP contribution in [-0.2, 0) is 0 Å². The molecule has 1 unspecified atom stereocenters. The van der Waals surface area contributed by atoms with Crippen molar-refractivity contribution in [2.24, 2.45) is 0 Å². The SMILES string of the molecule is OC(c1ccc(Cl)c(Br)c1)c1cscc1Br. The predicted octanol–water partition coefficient (Wildman–Crippen LogP) is 5.01. The normalized spacial score (nSPS) is 12.8. The van der Waals surface area contributed by atoms with Crippen molar-refractivity contribution in [3.8, 4) is 0 Å².